The third-order valence-corrected chi connectivity index (χ3v) is 7.36. The molecule has 0 bridgehead atoms. The van der Waals surface area contributed by atoms with E-state index in [9.17, 15) is 4.79 Å². The van der Waals surface area contributed by atoms with Crippen LogP contribution in [0.1, 0.15) is 52.1 Å². The SMILES string of the molecule is Cc1ccc(-c2nc(C(=O)N3CCN(c4cccc(C)c4C)CC3)c3n2CCCCC3)cc1. The number of imidazole rings is 1. The third kappa shape index (κ3) is 4.17. The monoisotopic (exact) mass is 442 g/mol. The topological polar surface area (TPSA) is 41.4 Å². The fourth-order valence-electron chi connectivity index (χ4n) is 5.19. The van der Waals surface area contributed by atoms with E-state index in [4.69, 9.17) is 4.98 Å². The summed E-state index contributed by atoms with van der Waals surface area (Å²) in [4.78, 5) is 23.1. The van der Waals surface area contributed by atoms with Crippen LogP contribution < -0.4 is 4.90 Å². The highest BCUT2D eigenvalue weighted by atomic mass is 16.2. The maximum atomic E-state index is 13.7. The molecule has 2 aliphatic heterocycles. The molecule has 0 N–H and O–H groups in total. The number of aromatic nitrogens is 2. The Hall–Kier alpha value is -3.08. The van der Waals surface area contributed by atoms with Crippen molar-refractivity contribution in [1.82, 2.24) is 14.5 Å². The van der Waals surface area contributed by atoms with Crippen LogP contribution in [0, 0.1) is 20.8 Å². The van der Waals surface area contributed by atoms with Gasteiger partial charge in [-0.1, -0.05) is 48.4 Å². The lowest BCUT2D eigenvalue weighted by atomic mass is 10.1. The van der Waals surface area contributed by atoms with Crippen molar-refractivity contribution in [2.24, 2.45) is 0 Å². The molecule has 33 heavy (non-hydrogen) atoms. The Morgan fingerprint density at radius 3 is 2.36 bits per heavy atom. The van der Waals surface area contributed by atoms with Crippen LogP contribution in [-0.2, 0) is 13.0 Å². The molecule has 3 aromatic rings. The van der Waals surface area contributed by atoms with Crippen molar-refractivity contribution in [3.8, 4) is 11.4 Å². The average molecular weight is 443 g/mol. The number of fused-ring (bicyclic) bond motifs is 1. The molecule has 1 aromatic heterocycles. The maximum absolute atomic E-state index is 13.7. The standard InChI is InChI=1S/C28H34N4O/c1-20-11-13-23(14-12-20)27-29-26(25-9-5-4-6-15-32(25)27)28(33)31-18-16-30(17-19-31)24-10-7-8-21(2)22(24)3/h7-8,10-14H,4-6,9,15-19H2,1-3H3. The van der Waals surface area contributed by atoms with Gasteiger partial charge in [0.2, 0.25) is 0 Å². The molecular weight excluding hydrogens is 408 g/mol. The van der Waals surface area contributed by atoms with E-state index in [1.54, 1.807) is 0 Å². The molecule has 5 rings (SSSR count). The first-order valence-corrected chi connectivity index (χ1v) is 12.3. The summed E-state index contributed by atoms with van der Waals surface area (Å²) in [6.45, 7) is 10.6. The van der Waals surface area contributed by atoms with Crippen LogP contribution in [0.15, 0.2) is 42.5 Å². The van der Waals surface area contributed by atoms with Crippen LogP contribution in [0.25, 0.3) is 11.4 Å². The van der Waals surface area contributed by atoms with Gasteiger partial charge in [-0.05, 0) is 57.2 Å². The quantitative estimate of drug-likeness (QED) is 0.562. The first kappa shape index (κ1) is 21.7. The molecule has 0 spiro atoms. The highest BCUT2D eigenvalue weighted by molar-refractivity contribution is 5.94. The van der Waals surface area contributed by atoms with Crippen LogP contribution in [0.4, 0.5) is 5.69 Å². The highest BCUT2D eigenvalue weighted by Crippen LogP contribution is 2.29. The van der Waals surface area contributed by atoms with E-state index >= 15 is 0 Å². The van der Waals surface area contributed by atoms with Gasteiger partial charge in [0, 0.05) is 44.0 Å². The van der Waals surface area contributed by atoms with Crippen molar-refractivity contribution in [3.63, 3.8) is 0 Å². The van der Waals surface area contributed by atoms with E-state index in [2.05, 4.69) is 72.7 Å². The Labute approximate surface area is 197 Å². The molecule has 3 heterocycles. The Morgan fingerprint density at radius 1 is 0.848 bits per heavy atom. The number of nitrogens with zero attached hydrogens (tertiary/aromatic N) is 4. The van der Waals surface area contributed by atoms with Crippen LogP contribution >= 0.6 is 0 Å². The number of piperazine rings is 1. The second-order valence-electron chi connectivity index (χ2n) is 9.56. The molecule has 5 nitrogen and oxygen atoms in total. The Balaban J connectivity index is 1.40. The van der Waals surface area contributed by atoms with E-state index < -0.39 is 0 Å². The molecule has 172 valence electrons. The van der Waals surface area contributed by atoms with Crippen molar-refractivity contribution >= 4 is 11.6 Å². The van der Waals surface area contributed by atoms with Gasteiger partial charge < -0.3 is 14.4 Å². The van der Waals surface area contributed by atoms with Crippen molar-refractivity contribution in [2.75, 3.05) is 31.1 Å². The molecule has 0 saturated carbocycles. The number of rotatable bonds is 3. The summed E-state index contributed by atoms with van der Waals surface area (Å²) in [7, 11) is 0. The van der Waals surface area contributed by atoms with Gasteiger partial charge in [-0.2, -0.15) is 0 Å². The minimum Gasteiger partial charge on any atom is -0.368 e. The van der Waals surface area contributed by atoms with Crippen LogP contribution in [0.3, 0.4) is 0 Å². The number of carbonyl (C=O) groups excluding carboxylic acids is 1. The van der Waals surface area contributed by atoms with Gasteiger partial charge in [-0.15, -0.1) is 0 Å². The lowest BCUT2D eigenvalue weighted by Crippen LogP contribution is -2.49. The molecule has 0 unspecified atom stereocenters. The smallest absolute Gasteiger partial charge is 0.274 e. The van der Waals surface area contributed by atoms with Crippen molar-refractivity contribution in [2.45, 2.75) is 53.0 Å². The minimum absolute atomic E-state index is 0.0969. The van der Waals surface area contributed by atoms with Gasteiger partial charge >= 0.3 is 0 Å². The molecule has 2 aliphatic rings. The number of aryl methyl sites for hydroxylation is 2. The second-order valence-corrected chi connectivity index (χ2v) is 9.56. The number of amides is 1. The van der Waals surface area contributed by atoms with E-state index in [1.807, 2.05) is 4.90 Å². The maximum Gasteiger partial charge on any atom is 0.274 e. The van der Waals surface area contributed by atoms with Gasteiger partial charge in [0.05, 0.1) is 5.69 Å². The van der Waals surface area contributed by atoms with E-state index in [0.29, 0.717) is 5.69 Å². The molecule has 2 aromatic carbocycles. The van der Waals surface area contributed by atoms with Gasteiger partial charge in [0.1, 0.15) is 11.5 Å². The predicted molar refractivity (Wildman–Crippen MR) is 134 cm³/mol. The summed E-state index contributed by atoms with van der Waals surface area (Å²) in [6.07, 6.45) is 4.41. The number of hydrogen-bond acceptors (Lipinski definition) is 3. The average Bonchev–Trinajstić information content (AvgIpc) is 3.01. The van der Waals surface area contributed by atoms with Crippen LogP contribution in [0.5, 0.6) is 0 Å². The molecule has 1 fully saturated rings. The zero-order chi connectivity index (χ0) is 22.9. The van der Waals surface area contributed by atoms with E-state index in [-0.39, 0.29) is 5.91 Å². The van der Waals surface area contributed by atoms with E-state index in [0.717, 1.165) is 69.1 Å². The minimum atomic E-state index is 0.0969. The number of carbonyl (C=O) groups is 1. The van der Waals surface area contributed by atoms with Crippen molar-refractivity contribution < 1.29 is 4.79 Å². The van der Waals surface area contributed by atoms with Crippen molar-refractivity contribution in [1.29, 1.82) is 0 Å². The zero-order valence-electron chi connectivity index (χ0n) is 20.1. The first-order chi connectivity index (χ1) is 16.0. The van der Waals surface area contributed by atoms with Gasteiger partial charge in [0.15, 0.2) is 0 Å². The lowest BCUT2D eigenvalue weighted by molar-refractivity contribution is 0.0740. The summed E-state index contributed by atoms with van der Waals surface area (Å²) in [5, 5.41) is 0. The second kappa shape index (κ2) is 9.05. The molecule has 5 heteroatoms. The molecule has 1 amide bonds. The third-order valence-electron chi connectivity index (χ3n) is 7.36. The summed E-state index contributed by atoms with van der Waals surface area (Å²) >= 11 is 0. The van der Waals surface area contributed by atoms with E-state index in [1.165, 1.54) is 28.8 Å². The normalized spacial score (nSPS) is 16.5. The van der Waals surface area contributed by atoms with Crippen LogP contribution in [-0.4, -0.2) is 46.5 Å². The summed E-state index contributed by atoms with van der Waals surface area (Å²) in [5.41, 5.74) is 8.08. The molecule has 0 aliphatic carbocycles. The lowest BCUT2D eigenvalue weighted by Gasteiger charge is -2.37. The fraction of sp³-hybridized carbons (Fsp3) is 0.429. The number of benzene rings is 2. The van der Waals surface area contributed by atoms with Gasteiger partial charge in [-0.3, -0.25) is 4.79 Å². The summed E-state index contributed by atoms with van der Waals surface area (Å²) in [6, 6.07) is 15.0. The highest BCUT2D eigenvalue weighted by Gasteiger charge is 2.29. The molecular formula is C28H34N4O. The predicted octanol–water partition coefficient (Wildman–Crippen LogP) is 5.16. The summed E-state index contributed by atoms with van der Waals surface area (Å²) < 4.78 is 2.32. The molecule has 0 radical (unpaired) electrons. The zero-order valence-corrected chi connectivity index (χ0v) is 20.1. The largest absolute Gasteiger partial charge is 0.368 e. The van der Waals surface area contributed by atoms with Crippen LogP contribution in [0.2, 0.25) is 0 Å². The van der Waals surface area contributed by atoms with Crippen molar-refractivity contribution in [3.05, 3.63) is 70.5 Å². The molecule has 0 atom stereocenters. The Kier molecular flexibility index (Phi) is 5.96. The number of hydrogen-bond donors (Lipinski definition) is 0. The number of anilines is 1. The Bertz CT molecular complexity index is 1150. The Morgan fingerprint density at radius 2 is 1.61 bits per heavy atom. The first-order valence-electron chi connectivity index (χ1n) is 12.3. The molecule has 1 saturated heterocycles. The van der Waals surface area contributed by atoms with Gasteiger partial charge in [0.25, 0.3) is 5.91 Å². The van der Waals surface area contributed by atoms with Gasteiger partial charge in [-0.25, -0.2) is 4.98 Å². The fourth-order valence-corrected chi connectivity index (χ4v) is 5.19. The summed E-state index contributed by atoms with van der Waals surface area (Å²) in [5.74, 6) is 1.05.